The molecule has 3 heteroatoms. The summed E-state index contributed by atoms with van der Waals surface area (Å²) in [7, 11) is 1.70. The van der Waals surface area contributed by atoms with Crippen molar-refractivity contribution < 1.29 is 9.57 Å². The molecule has 2 rings (SSSR count). The number of hydrogen-bond acceptors (Lipinski definition) is 3. The van der Waals surface area contributed by atoms with Gasteiger partial charge < -0.3 is 4.74 Å². The van der Waals surface area contributed by atoms with Crippen LogP contribution in [0.5, 0.6) is 5.75 Å². The van der Waals surface area contributed by atoms with E-state index in [1.54, 1.807) is 7.11 Å². The molecule has 0 spiro atoms. The zero-order chi connectivity index (χ0) is 13.9. The summed E-state index contributed by atoms with van der Waals surface area (Å²) < 4.78 is 5.39. The molecule has 0 amide bonds. The maximum Gasteiger partial charge on any atom is 0.126 e. The van der Waals surface area contributed by atoms with Crippen LogP contribution in [0.25, 0.3) is 10.8 Å². The predicted molar refractivity (Wildman–Crippen MR) is 78.2 cm³/mol. The lowest BCUT2D eigenvalue weighted by molar-refractivity contribution is -0.0756. The minimum Gasteiger partial charge on any atom is -0.496 e. The van der Waals surface area contributed by atoms with Crippen molar-refractivity contribution in [3.63, 3.8) is 0 Å². The topological polar surface area (TPSA) is 30.5 Å². The first-order chi connectivity index (χ1) is 9.01. The second kappa shape index (κ2) is 5.59. The fraction of sp³-hybridized carbons (Fsp3) is 0.375. The highest BCUT2D eigenvalue weighted by Crippen LogP contribution is 2.28. The lowest BCUT2D eigenvalue weighted by Crippen LogP contribution is -2.28. The Bertz CT molecular complexity index is 558. The highest BCUT2D eigenvalue weighted by molar-refractivity contribution is 5.91. The molecule has 0 aliphatic rings. The Balaban J connectivity index is 2.24. The van der Waals surface area contributed by atoms with Crippen LogP contribution in [-0.4, -0.2) is 12.7 Å². The quantitative estimate of drug-likeness (QED) is 0.850. The fourth-order valence-corrected chi connectivity index (χ4v) is 2.00. The van der Waals surface area contributed by atoms with Crippen LogP contribution in [0.2, 0.25) is 0 Å². The number of rotatable bonds is 4. The molecular weight excluding hydrogens is 238 g/mol. The molecule has 2 aromatic rings. The van der Waals surface area contributed by atoms with E-state index < -0.39 is 0 Å². The van der Waals surface area contributed by atoms with Gasteiger partial charge in [-0.25, -0.2) is 0 Å². The monoisotopic (exact) mass is 259 g/mol. The molecule has 1 N–H and O–H groups in total. The van der Waals surface area contributed by atoms with Crippen molar-refractivity contribution >= 4 is 10.8 Å². The summed E-state index contributed by atoms with van der Waals surface area (Å²) in [4.78, 5) is 5.56. The van der Waals surface area contributed by atoms with Crippen molar-refractivity contribution in [1.29, 1.82) is 0 Å². The zero-order valence-corrected chi connectivity index (χ0v) is 12.0. The van der Waals surface area contributed by atoms with Gasteiger partial charge in [-0.2, -0.15) is 5.48 Å². The van der Waals surface area contributed by atoms with Gasteiger partial charge >= 0.3 is 0 Å². The minimum atomic E-state index is -0.192. The summed E-state index contributed by atoms with van der Waals surface area (Å²) in [5, 5.41) is 2.31. The maximum atomic E-state index is 5.56. The summed E-state index contributed by atoms with van der Waals surface area (Å²) in [6, 6.07) is 12.3. The Morgan fingerprint density at radius 3 is 2.32 bits per heavy atom. The predicted octanol–water partition coefficient (Wildman–Crippen LogP) is 3.67. The molecule has 0 aromatic heterocycles. The number of nitrogens with one attached hydrogen (secondary N) is 1. The number of ether oxygens (including phenoxy) is 1. The molecule has 0 radical (unpaired) electrons. The van der Waals surface area contributed by atoms with E-state index in [0.29, 0.717) is 6.54 Å². The van der Waals surface area contributed by atoms with Gasteiger partial charge in [-0.1, -0.05) is 30.3 Å². The first-order valence-electron chi connectivity index (χ1n) is 6.47. The first-order valence-corrected chi connectivity index (χ1v) is 6.47. The molecule has 0 aliphatic carbocycles. The van der Waals surface area contributed by atoms with E-state index in [1.165, 1.54) is 10.9 Å². The lowest BCUT2D eigenvalue weighted by atomic mass is 10.0. The molecular formula is C16H21NO2. The van der Waals surface area contributed by atoms with Crippen LogP contribution < -0.4 is 10.2 Å². The highest BCUT2D eigenvalue weighted by atomic mass is 16.7. The maximum absolute atomic E-state index is 5.56. The van der Waals surface area contributed by atoms with Crippen LogP contribution in [0.15, 0.2) is 36.4 Å². The van der Waals surface area contributed by atoms with Gasteiger partial charge in [0.25, 0.3) is 0 Å². The largest absolute Gasteiger partial charge is 0.496 e. The van der Waals surface area contributed by atoms with Crippen molar-refractivity contribution in [3.05, 3.63) is 42.0 Å². The normalized spacial score (nSPS) is 11.8. The third-order valence-corrected chi connectivity index (χ3v) is 2.84. The Labute approximate surface area is 114 Å². The van der Waals surface area contributed by atoms with Crippen LogP contribution in [0.3, 0.4) is 0 Å². The van der Waals surface area contributed by atoms with E-state index in [2.05, 4.69) is 23.7 Å². The average Bonchev–Trinajstić information content (AvgIpc) is 2.37. The van der Waals surface area contributed by atoms with Gasteiger partial charge in [0.15, 0.2) is 0 Å². The Hall–Kier alpha value is -1.58. The van der Waals surface area contributed by atoms with Crippen LogP contribution in [0.1, 0.15) is 26.3 Å². The van der Waals surface area contributed by atoms with E-state index in [-0.39, 0.29) is 5.60 Å². The minimum absolute atomic E-state index is 0.192. The molecule has 2 aromatic carbocycles. The molecule has 0 aliphatic heterocycles. The van der Waals surface area contributed by atoms with Crippen LogP contribution in [0, 0.1) is 0 Å². The third kappa shape index (κ3) is 3.46. The molecule has 0 fully saturated rings. The van der Waals surface area contributed by atoms with Crippen LogP contribution in [-0.2, 0) is 11.4 Å². The number of hydrogen-bond donors (Lipinski definition) is 1. The lowest BCUT2D eigenvalue weighted by Gasteiger charge is -2.20. The van der Waals surface area contributed by atoms with Crippen LogP contribution in [0.4, 0.5) is 0 Å². The van der Waals surface area contributed by atoms with E-state index in [9.17, 15) is 0 Å². The standard InChI is InChI=1S/C16H21NO2/c1-16(2,3)19-17-11-12-9-10-15(18-4)14-8-6-5-7-13(12)14/h5-10,17H,11H2,1-4H3. The highest BCUT2D eigenvalue weighted by Gasteiger charge is 2.11. The number of fused-ring (bicyclic) bond motifs is 1. The Morgan fingerprint density at radius 2 is 1.68 bits per heavy atom. The summed E-state index contributed by atoms with van der Waals surface area (Å²) in [6.45, 7) is 6.73. The Kier molecular flexibility index (Phi) is 4.08. The molecule has 0 heterocycles. The van der Waals surface area contributed by atoms with Crippen LogP contribution >= 0.6 is 0 Å². The third-order valence-electron chi connectivity index (χ3n) is 2.84. The number of methoxy groups -OCH3 is 1. The Morgan fingerprint density at radius 1 is 1.00 bits per heavy atom. The fourth-order valence-electron chi connectivity index (χ4n) is 2.00. The van der Waals surface area contributed by atoms with E-state index in [4.69, 9.17) is 9.57 Å². The first kappa shape index (κ1) is 13.8. The molecule has 0 unspecified atom stereocenters. The van der Waals surface area contributed by atoms with Crippen molar-refractivity contribution in [2.75, 3.05) is 7.11 Å². The van der Waals surface area contributed by atoms with E-state index in [0.717, 1.165) is 11.1 Å². The molecule has 0 saturated heterocycles. The number of benzene rings is 2. The zero-order valence-electron chi connectivity index (χ0n) is 12.0. The van der Waals surface area contributed by atoms with Gasteiger partial charge in [0.2, 0.25) is 0 Å². The molecule has 0 bridgehead atoms. The summed E-state index contributed by atoms with van der Waals surface area (Å²) in [6.07, 6.45) is 0. The smallest absolute Gasteiger partial charge is 0.126 e. The van der Waals surface area contributed by atoms with Gasteiger partial charge in [0.1, 0.15) is 5.75 Å². The van der Waals surface area contributed by atoms with Crippen molar-refractivity contribution in [2.24, 2.45) is 0 Å². The summed E-state index contributed by atoms with van der Waals surface area (Å²) in [5.41, 5.74) is 4.03. The van der Waals surface area contributed by atoms with Crippen molar-refractivity contribution in [1.82, 2.24) is 5.48 Å². The van der Waals surface area contributed by atoms with Crippen molar-refractivity contribution in [2.45, 2.75) is 32.9 Å². The molecule has 102 valence electrons. The van der Waals surface area contributed by atoms with Gasteiger partial charge in [-0.15, -0.1) is 0 Å². The summed E-state index contributed by atoms with van der Waals surface area (Å²) >= 11 is 0. The summed E-state index contributed by atoms with van der Waals surface area (Å²) in [5.74, 6) is 0.899. The van der Waals surface area contributed by atoms with Gasteiger partial charge in [-0.3, -0.25) is 4.84 Å². The molecule has 0 atom stereocenters. The second-order valence-corrected chi connectivity index (χ2v) is 5.51. The van der Waals surface area contributed by atoms with E-state index >= 15 is 0 Å². The van der Waals surface area contributed by atoms with Crippen molar-refractivity contribution in [3.8, 4) is 5.75 Å². The average molecular weight is 259 g/mol. The molecule has 19 heavy (non-hydrogen) atoms. The van der Waals surface area contributed by atoms with Gasteiger partial charge in [0, 0.05) is 11.9 Å². The SMILES string of the molecule is COc1ccc(CNOC(C)(C)C)c2ccccc12. The van der Waals surface area contributed by atoms with E-state index in [1.807, 2.05) is 39.0 Å². The van der Waals surface area contributed by atoms with Gasteiger partial charge in [0.05, 0.1) is 12.7 Å². The van der Waals surface area contributed by atoms with Gasteiger partial charge in [-0.05, 0) is 37.8 Å². The molecule has 0 saturated carbocycles. The number of hydroxylamine groups is 1. The second-order valence-electron chi connectivity index (χ2n) is 5.51. The molecule has 3 nitrogen and oxygen atoms in total.